The lowest BCUT2D eigenvalue weighted by Crippen LogP contribution is -2.37. The van der Waals surface area contributed by atoms with Crippen molar-refractivity contribution in [1.82, 2.24) is 14.3 Å². The Balaban J connectivity index is 2.15. The van der Waals surface area contributed by atoms with E-state index in [0.29, 0.717) is 22.9 Å². The van der Waals surface area contributed by atoms with Crippen molar-refractivity contribution in [3.05, 3.63) is 47.7 Å². The molecule has 2 aromatic heterocycles. The van der Waals surface area contributed by atoms with Gasteiger partial charge in [-0.25, -0.2) is 21.9 Å². The van der Waals surface area contributed by atoms with Gasteiger partial charge in [0.25, 0.3) is 0 Å². The lowest BCUT2D eigenvalue weighted by Gasteiger charge is -2.16. The molecule has 0 unspecified atom stereocenters. The molecule has 32 heavy (non-hydrogen) atoms. The normalized spacial score (nSPS) is 12.2. The van der Waals surface area contributed by atoms with Gasteiger partial charge in [0.15, 0.2) is 0 Å². The number of hydrogen-bond acceptors (Lipinski definition) is 4. The third-order valence-corrected chi connectivity index (χ3v) is 6.81. The van der Waals surface area contributed by atoms with Gasteiger partial charge in [0.2, 0.25) is 10.0 Å². The molecule has 0 amide bonds. The molecule has 0 aliphatic carbocycles. The van der Waals surface area contributed by atoms with Crippen LogP contribution < -0.4 is 4.72 Å². The van der Waals surface area contributed by atoms with Crippen LogP contribution in [-0.2, 0) is 10.0 Å². The Morgan fingerprint density at radius 2 is 1.81 bits per heavy atom. The Morgan fingerprint density at radius 3 is 2.31 bits per heavy atom. The van der Waals surface area contributed by atoms with Crippen LogP contribution >= 0.6 is 0 Å². The van der Waals surface area contributed by atoms with Crippen molar-refractivity contribution in [2.75, 3.05) is 13.3 Å². The first kappa shape index (κ1) is 23.8. The van der Waals surface area contributed by atoms with Crippen LogP contribution in [0.2, 0.25) is 0 Å². The molecule has 0 saturated heterocycles. The molecule has 2 heterocycles. The maximum absolute atomic E-state index is 12.8. The van der Waals surface area contributed by atoms with Crippen LogP contribution in [0, 0.1) is 11.3 Å². The molecule has 9 heteroatoms. The van der Waals surface area contributed by atoms with E-state index in [-0.39, 0.29) is 10.9 Å². The Labute approximate surface area is 186 Å². The maximum Gasteiger partial charge on any atom is 0.242 e. The second kappa shape index (κ2) is 9.35. The fraction of sp³-hybridized carbons (Fsp3) is 0.391. The summed E-state index contributed by atoms with van der Waals surface area (Å²) in [7, 11) is -4.13. The number of pyridine rings is 1. The molecule has 0 aliphatic rings. The summed E-state index contributed by atoms with van der Waals surface area (Å²) >= 11 is 0. The van der Waals surface area contributed by atoms with E-state index in [1.54, 1.807) is 0 Å². The predicted molar refractivity (Wildman–Crippen MR) is 120 cm³/mol. The molecule has 0 radical (unpaired) electrons. The van der Waals surface area contributed by atoms with Gasteiger partial charge in [0.1, 0.15) is 24.3 Å². The highest BCUT2D eigenvalue weighted by Gasteiger charge is 2.24. The van der Waals surface area contributed by atoms with Gasteiger partial charge in [-0.2, -0.15) is 5.26 Å². The average molecular weight is 461 g/mol. The fourth-order valence-corrected chi connectivity index (χ4v) is 4.80. The first-order valence-electron chi connectivity index (χ1n) is 10.3. The van der Waals surface area contributed by atoms with Gasteiger partial charge in [-0.1, -0.05) is 26.0 Å². The molecule has 0 fully saturated rings. The zero-order valence-corrected chi connectivity index (χ0v) is 19.2. The van der Waals surface area contributed by atoms with Gasteiger partial charge in [-0.05, 0) is 43.5 Å². The second-order valence-corrected chi connectivity index (χ2v) is 9.95. The van der Waals surface area contributed by atoms with Gasteiger partial charge in [-0.15, -0.1) is 0 Å². The van der Waals surface area contributed by atoms with Gasteiger partial charge in [0.05, 0.1) is 28.5 Å². The van der Waals surface area contributed by atoms with E-state index >= 15 is 0 Å². The molecule has 1 aromatic carbocycles. The molecule has 0 aliphatic heterocycles. The molecule has 170 valence electrons. The van der Waals surface area contributed by atoms with Crippen molar-refractivity contribution in [3.63, 3.8) is 0 Å². The number of halogens is 2. The summed E-state index contributed by atoms with van der Waals surface area (Å²) in [5.41, 5.74) is 3.54. The van der Waals surface area contributed by atoms with E-state index < -0.39 is 29.4 Å². The number of sulfonamides is 1. The number of alkyl halides is 2. The summed E-state index contributed by atoms with van der Waals surface area (Å²) in [6.07, 6.45) is 1.13. The topological polar surface area (TPSA) is 87.8 Å². The van der Waals surface area contributed by atoms with Gasteiger partial charge in [0, 0.05) is 17.6 Å². The summed E-state index contributed by atoms with van der Waals surface area (Å²) in [5.74, 6) is 0.316. The highest BCUT2D eigenvalue weighted by Crippen LogP contribution is 2.36. The molecular formula is C23H26F2N4O2S. The highest BCUT2D eigenvalue weighted by molar-refractivity contribution is 7.89. The number of rotatable bonds is 8. The molecule has 0 bridgehead atoms. The van der Waals surface area contributed by atoms with Crippen LogP contribution in [0.1, 0.15) is 50.8 Å². The molecular weight excluding hydrogens is 434 g/mol. The van der Waals surface area contributed by atoms with E-state index in [0.717, 1.165) is 22.7 Å². The number of nitriles is 1. The second-order valence-electron chi connectivity index (χ2n) is 8.24. The summed E-state index contributed by atoms with van der Waals surface area (Å²) < 4.78 is 54.3. The summed E-state index contributed by atoms with van der Waals surface area (Å²) in [6.45, 7) is 5.90. The molecule has 0 saturated carbocycles. The van der Waals surface area contributed by atoms with Gasteiger partial charge >= 0.3 is 0 Å². The number of hydrogen-bond donors (Lipinski definition) is 1. The smallest absolute Gasteiger partial charge is 0.242 e. The summed E-state index contributed by atoms with van der Waals surface area (Å²) in [5, 5.41) is 10.7. The van der Waals surface area contributed by atoms with Crippen molar-refractivity contribution in [3.8, 4) is 17.5 Å². The quantitative estimate of drug-likeness (QED) is 0.520. The lowest BCUT2D eigenvalue weighted by molar-refractivity contribution is 0.334. The Kier molecular flexibility index (Phi) is 6.96. The van der Waals surface area contributed by atoms with Gasteiger partial charge in [-0.3, -0.25) is 4.98 Å². The largest absolute Gasteiger partial charge is 0.336 e. The monoisotopic (exact) mass is 460 g/mol. The zero-order chi connectivity index (χ0) is 23.6. The number of benzene rings is 1. The third kappa shape index (κ3) is 4.38. The Hall–Kier alpha value is -2.83. The average Bonchev–Trinajstić information content (AvgIpc) is 3.11. The van der Waals surface area contributed by atoms with E-state index in [1.807, 2.05) is 35.3 Å². The van der Waals surface area contributed by atoms with Crippen LogP contribution in [0.4, 0.5) is 8.78 Å². The summed E-state index contributed by atoms with van der Waals surface area (Å²) in [6, 6.07) is 9.68. The van der Waals surface area contributed by atoms with Gasteiger partial charge < -0.3 is 4.57 Å². The van der Waals surface area contributed by atoms with E-state index in [9.17, 15) is 22.5 Å². The predicted octanol–water partition coefficient (Wildman–Crippen LogP) is 4.87. The van der Waals surface area contributed by atoms with Crippen molar-refractivity contribution in [2.24, 2.45) is 0 Å². The number of fused-ring (bicyclic) bond motifs is 1. The van der Waals surface area contributed by atoms with Crippen LogP contribution in [-0.4, -0.2) is 37.4 Å². The minimum Gasteiger partial charge on any atom is -0.336 e. The van der Waals surface area contributed by atoms with Crippen molar-refractivity contribution in [1.29, 1.82) is 5.26 Å². The van der Waals surface area contributed by atoms with Crippen molar-refractivity contribution in [2.45, 2.75) is 50.6 Å². The number of nitrogens with one attached hydrogen (secondary N) is 1. The molecule has 3 rings (SSSR count). The zero-order valence-electron chi connectivity index (χ0n) is 18.4. The van der Waals surface area contributed by atoms with Crippen LogP contribution in [0.5, 0.6) is 0 Å². The first-order valence-corrected chi connectivity index (χ1v) is 11.8. The minimum atomic E-state index is -4.13. The maximum atomic E-state index is 12.8. The number of aromatic nitrogens is 2. The molecule has 1 N–H and O–H groups in total. The molecule has 0 spiro atoms. The van der Waals surface area contributed by atoms with Crippen molar-refractivity contribution < 1.29 is 17.2 Å². The van der Waals surface area contributed by atoms with E-state index in [2.05, 4.69) is 31.0 Å². The Morgan fingerprint density at radius 1 is 1.12 bits per heavy atom. The van der Waals surface area contributed by atoms with E-state index in [4.69, 9.17) is 0 Å². The first-order chi connectivity index (χ1) is 15.1. The lowest BCUT2D eigenvalue weighted by atomic mass is 10.0. The molecule has 0 atom stereocenters. The van der Waals surface area contributed by atoms with Crippen LogP contribution in [0.25, 0.3) is 22.3 Å². The summed E-state index contributed by atoms with van der Waals surface area (Å²) in [4.78, 5) is 4.09. The SMILES string of the molecule is CC(C)c1ccc2c(C#N)c(-c3ccc(S(=O)(=O)NC(CF)CF)cn3)n(C(C)C)c2c1. The third-order valence-electron chi connectivity index (χ3n) is 5.31. The highest BCUT2D eigenvalue weighted by atomic mass is 32.2. The van der Waals surface area contributed by atoms with Crippen LogP contribution in [0.3, 0.4) is 0 Å². The van der Waals surface area contributed by atoms with Crippen LogP contribution in [0.15, 0.2) is 41.4 Å². The Bertz CT molecular complexity index is 1260. The van der Waals surface area contributed by atoms with E-state index in [1.165, 1.54) is 12.1 Å². The molecule has 6 nitrogen and oxygen atoms in total. The minimum absolute atomic E-state index is 0.0127. The fourth-order valence-electron chi connectivity index (χ4n) is 3.66. The molecule has 3 aromatic rings. The standard InChI is InChI=1S/C23H26F2N4O2S/c1-14(2)16-5-7-19-20(12-26)23(29(15(3)4)22(19)9-16)21-8-6-18(13-27-21)32(30,31)28-17(10-24)11-25/h5-9,13-15,17,28H,10-11H2,1-4H3. The number of nitrogens with zero attached hydrogens (tertiary/aromatic N) is 3. The van der Waals surface area contributed by atoms with Crippen molar-refractivity contribution >= 4 is 20.9 Å².